The second-order valence-electron chi connectivity index (χ2n) is 10.7. The van der Waals surface area contributed by atoms with E-state index in [4.69, 9.17) is 9.79 Å². The summed E-state index contributed by atoms with van der Waals surface area (Å²) in [6, 6.07) is 0. The van der Waals surface area contributed by atoms with Gasteiger partial charge in [0.2, 0.25) is 0 Å². The Labute approximate surface area is 204 Å². The quantitative estimate of drug-likeness (QED) is 0.351. The van der Waals surface area contributed by atoms with Crippen molar-refractivity contribution in [2.75, 3.05) is 13.2 Å². The van der Waals surface area contributed by atoms with Crippen LogP contribution in [0.25, 0.3) is 0 Å². The molecule has 0 saturated heterocycles. The van der Waals surface area contributed by atoms with E-state index in [9.17, 15) is 29.5 Å². The van der Waals surface area contributed by atoms with E-state index in [0.717, 1.165) is 0 Å². The number of carbonyl (C=O) groups is 2. The minimum Gasteiger partial charge on any atom is -0.390 e. The Hall–Kier alpha value is -1.26. The van der Waals surface area contributed by atoms with Crippen molar-refractivity contribution in [1.29, 1.82) is 0 Å². The molecule has 4 aliphatic rings. The van der Waals surface area contributed by atoms with Crippen LogP contribution in [0.1, 0.15) is 53.4 Å². The molecule has 5 N–H and O–H groups in total. The minimum atomic E-state index is -4.17. The molecule has 0 unspecified atom stereocenters. The molecule has 9 nitrogen and oxygen atoms in total. The van der Waals surface area contributed by atoms with Crippen LogP contribution < -0.4 is 0 Å². The van der Waals surface area contributed by atoms with Gasteiger partial charge in [0.1, 0.15) is 12.2 Å². The molecule has 0 spiro atoms. The summed E-state index contributed by atoms with van der Waals surface area (Å²) in [5, 5.41) is 32.0. The molecule has 3 fully saturated rings. The molecule has 0 aliphatic heterocycles. The van der Waals surface area contributed by atoms with Gasteiger partial charge in [-0.1, -0.05) is 25.5 Å². The summed E-state index contributed by atoms with van der Waals surface area (Å²) in [7, 11) is -4.17. The first-order valence-electron chi connectivity index (χ1n) is 11.9. The molecule has 0 heterocycles. The van der Waals surface area contributed by atoms with Crippen molar-refractivity contribution >= 4 is 19.4 Å². The van der Waals surface area contributed by atoms with E-state index in [0.29, 0.717) is 24.8 Å². The Morgan fingerprint density at radius 1 is 1.29 bits per heavy atom. The van der Waals surface area contributed by atoms with Gasteiger partial charge in [0.15, 0.2) is 17.2 Å². The smallest absolute Gasteiger partial charge is 0.390 e. The SMILES string of the molecule is CCOP(=O)(O)O.C[C@@H]1C[C@H]2[C@@H]3CCC4=CC(=O)C=C[C@]4(C)[C@@]3(F)[C@@H](O)C[C@]2(C)[C@@]1(O)C(=O)CO. The van der Waals surface area contributed by atoms with Crippen LogP contribution in [-0.4, -0.2) is 67.3 Å². The fraction of sp³-hybridized carbons (Fsp3) is 0.750. The van der Waals surface area contributed by atoms with Gasteiger partial charge in [-0.05, 0) is 63.5 Å². The highest BCUT2D eigenvalue weighted by molar-refractivity contribution is 7.46. The van der Waals surface area contributed by atoms with Crippen molar-refractivity contribution in [2.45, 2.75) is 70.8 Å². The zero-order valence-electron chi connectivity index (χ0n) is 20.5. The second-order valence-corrected chi connectivity index (χ2v) is 11.9. The van der Waals surface area contributed by atoms with Crippen LogP contribution in [0, 0.1) is 28.6 Å². The highest BCUT2D eigenvalue weighted by atomic mass is 31.2. The molecule has 4 rings (SSSR count). The molecule has 198 valence electrons. The third-order valence-electron chi connectivity index (χ3n) is 9.09. The summed E-state index contributed by atoms with van der Waals surface area (Å²) in [6.45, 7) is 6.04. The lowest BCUT2D eigenvalue weighted by Gasteiger charge is -2.62. The molecule has 0 aromatic heterocycles. The number of allylic oxidation sites excluding steroid dienone is 4. The van der Waals surface area contributed by atoms with Crippen LogP contribution in [0.4, 0.5) is 4.39 Å². The largest absolute Gasteiger partial charge is 0.469 e. The topological polar surface area (TPSA) is 162 Å². The highest BCUT2D eigenvalue weighted by Gasteiger charge is 2.75. The molecule has 0 aromatic carbocycles. The van der Waals surface area contributed by atoms with Gasteiger partial charge in [0.25, 0.3) is 0 Å². The van der Waals surface area contributed by atoms with Gasteiger partial charge in [-0.2, -0.15) is 0 Å². The average molecular weight is 519 g/mol. The first-order valence-corrected chi connectivity index (χ1v) is 13.4. The van der Waals surface area contributed by atoms with Crippen molar-refractivity contribution in [3.8, 4) is 0 Å². The third kappa shape index (κ3) is 4.11. The van der Waals surface area contributed by atoms with Gasteiger partial charge in [-0.25, -0.2) is 8.96 Å². The molecule has 0 amide bonds. The minimum absolute atomic E-state index is 0.0459. The summed E-state index contributed by atoms with van der Waals surface area (Å²) in [6.07, 6.45) is 4.44. The predicted octanol–water partition coefficient (Wildman–Crippen LogP) is 2.01. The number of halogens is 1. The number of phosphoric acid groups is 1. The van der Waals surface area contributed by atoms with Crippen LogP contribution in [0.2, 0.25) is 0 Å². The number of aliphatic hydroxyl groups excluding tert-OH is 2. The molecule has 35 heavy (non-hydrogen) atoms. The fourth-order valence-corrected chi connectivity index (χ4v) is 7.77. The van der Waals surface area contributed by atoms with Gasteiger partial charge in [-0.3, -0.25) is 14.1 Å². The van der Waals surface area contributed by atoms with E-state index in [1.807, 2.05) is 0 Å². The number of hydrogen-bond donors (Lipinski definition) is 5. The lowest BCUT2D eigenvalue weighted by molar-refractivity contribution is -0.219. The van der Waals surface area contributed by atoms with Crippen LogP contribution >= 0.6 is 7.82 Å². The molecule has 8 atom stereocenters. The first kappa shape index (κ1) is 28.3. The zero-order valence-corrected chi connectivity index (χ0v) is 21.4. The van der Waals surface area contributed by atoms with E-state index in [2.05, 4.69) is 4.52 Å². The zero-order chi connectivity index (χ0) is 26.6. The van der Waals surface area contributed by atoms with Gasteiger partial charge < -0.3 is 25.1 Å². The van der Waals surface area contributed by atoms with Crippen LogP contribution in [0.5, 0.6) is 0 Å². The molecular weight excluding hydrogens is 482 g/mol. The number of ketones is 2. The van der Waals surface area contributed by atoms with Crippen molar-refractivity contribution < 1.29 is 48.2 Å². The molecule has 0 aromatic rings. The van der Waals surface area contributed by atoms with E-state index in [-0.39, 0.29) is 24.7 Å². The summed E-state index contributed by atoms with van der Waals surface area (Å²) < 4.78 is 30.5. The van der Waals surface area contributed by atoms with E-state index >= 15 is 4.39 Å². The second kappa shape index (κ2) is 9.24. The van der Waals surface area contributed by atoms with Crippen LogP contribution in [0.15, 0.2) is 23.8 Å². The normalized spacial score (nSPS) is 44.4. The number of alkyl halides is 1. The molecule has 0 bridgehead atoms. The lowest BCUT2D eigenvalue weighted by atomic mass is 9.44. The number of carbonyl (C=O) groups excluding carboxylic acids is 2. The standard InChI is InChI=1S/C22H29FO5.C2H7O4P/c1-12-8-16-15-5-4-13-9-14(25)6-7-19(13,2)21(15,23)17(26)10-20(16,3)22(12,28)18(27)11-24;1-2-6-7(3,4)5/h6-7,9,12,15-17,24,26,28H,4-5,8,10-11H2,1-3H3;2H2,1H3,(H2,3,4,5)/t12-,15+,16+,17+,19+,20+,21+,22+;/m1./s1. The maximum absolute atomic E-state index is 16.9. The van der Waals surface area contributed by atoms with E-state index in [1.54, 1.807) is 26.8 Å². The number of phosphoric ester groups is 1. The highest BCUT2D eigenvalue weighted by Crippen LogP contribution is 2.70. The third-order valence-corrected chi connectivity index (χ3v) is 9.68. The number of aliphatic hydroxyl groups is 3. The van der Waals surface area contributed by atoms with Crippen molar-refractivity contribution in [1.82, 2.24) is 0 Å². The summed E-state index contributed by atoms with van der Waals surface area (Å²) in [5.41, 5.74) is -5.17. The number of Topliss-reactive ketones (excluding diaryl/α,β-unsaturated/α-hetero) is 1. The maximum atomic E-state index is 16.9. The fourth-order valence-electron chi connectivity index (χ4n) is 7.43. The van der Waals surface area contributed by atoms with E-state index in [1.165, 1.54) is 19.1 Å². The van der Waals surface area contributed by atoms with Crippen molar-refractivity contribution in [2.24, 2.45) is 28.6 Å². The average Bonchev–Trinajstić information content (AvgIpc) is 2.96. The van der Waals surface area contributed by atoms with E-state index < -0.39 is 60.3 Å². The Morgan fingerprint density at radius 2 is 1.91 bits per heavy atom. The van der Waals surface area contributed by atoms with Gasteiger partial charge in [-0.15, -0.1) is 0 Å². The number of rotatable bonds is 4. The molecule has 3 saturated carbocycles. The van der Waals surface area contributed by atoms with Gasteiger partial charge in [0, 0.05) is 16.7 Å². The summed E-state index contributed by atoms with van der Waals surface area (Å²) in [4.78, 5) is 40.2. The monoisotopic (exact) mass is 518 g/mol. The Morgan fingerprint density at radius 3 is 2.43 bits per heavy atom. The summed E-state index contributed by atoms with van der Waals surface area (Å²) >= 11 is 0. The maximum Gasteiger partial charge on any atom is 0.469 e. The van der Waals surface area contributed by atoms with Crippen molar-refractivity contribution in [3.05, 3.63) is 23.8 Å². The van der Waals surface area contributed by atoms with Crippen LogP contribution in [-0.2, 0) is 18.7 Å². The molecule has 0 radical (unpaired) electrons. The molecule has 11 heteroatoms. The lowest BCUT2D eigenvalue weighted by Crippen LogP contribution is -2.69. The summed E-state index contributed by atoms with van der Waals surface area (Å²) in [5.74, 6) is -2.12. The van der Waals surface area contributed by atoms with Gasteiger partial charge >= 0.3 is 7.82 Å². The number of fused-ring (bicyclic) bond motifs is 5. The molecular formula is C24H36FO9P. The predicted molar refractivity (Wildman–Crippen MR) is 124 cm³/mol. The Bertz CT molecular complexity index is 991. The Balaban J connectivity index is 0.000000429. The van der Waals surface area contributed by atoms with Crippen molar-refractivity contribution in [3.63, 3.8) is 0 Å². The first-order chi connectivity index (χ1) is 16.0. The number of hydrogen-bond acceptors (Lipinski definition) is 7. The Kier molecular flexibility index (Phi) is 7.48. The van der Waals surface area contributed by atoms with Crippen LogP contribution in [0.3, 0.4) is 0 Å². The van der Waals surface area contributed by atoms with Gasteiger partial charge in [0.05, 0.1) is 12.7 Å². The molecule has 4 aliphatic carbocycles.